The van der Waals surface area contributed by atoms with Crippen molar-refractivity contribution in [2.24, 2.45) is 0 Å². The Balaban J connectivity index is 1.69. The van der Waals surface area contributed by atoms with E-state index in [1.165, 1.54) is 10.6 Å². The van der Waals surface area contributed by atoms with E-state index in [-0.39, 0.29) is 19.1 Å². The van der Waals surface area contributed by atoms with E-state index in [1.54, 1.807) is 0 Å². The van der Waals surface area contributed by atoms with Crippen molar-refractivity contribution in [2.75, 3.05) is 0 Å². The second-order valence-electron chi connectivity index (χ2n) is 6.56. The lowest BCUT2D eigenvalue weighted by Gasteiger charge is -2.37. The third-order valence-corrected chi connectivity index (χ3v) is 7.22. The van der Waals surface area contributed by atoms with E-state index < -0.39 is 7.92 Å². The van der Waals surface area contributed by atoms with Gasteiger partial charge in [-0.05, 0) is 30.9 Å². The Kier molecular flexibility index (Phi) is 5.50. The lowest BCUT2D eigenvalue weighted by molar-refractivity contribution is 0.0692. The van der Waals surface area contributed by atoms with Crippen LogP contribution in [0.15, 0.2) is 91.0 Å². The molecule has 4 rings (SSSR count). The van der Waals surface area contributed by atoms with Crippen molar-refractivity contribution in [1.82, 2.24) is 0 Å². The molecule has 0 N–H and O–H groups in total. The summed E-state index contributed by atoms with van der Waals surface area (Å²) in [6.07, 6.45) is 1.06. The van der Waals surface area contributed by atoms with Gasteiger partial charge in [-0.25, -0.2) is 0 Å². The summed E-state index contributed by atoms with van der Waals surface area (Å²) in [5, 5.41) is 2.69. The third kappa shape index (κ3) is 3.91. The first-order valence-electron chi connectivity index (χ1n) is 9.06. The van der Waals surface area contributed by atoms with Crippen LogP contribution < -0.4 is 16.1 Å². The third-order valence-electron chi connectivity index (χ3n) is 4.60. The highest BCUT2D eigenvalue weighted by Crippen LogP contribution is 2.44. The van der Waals surface area contributed by atoms with Crippen LogP contribution in [-0.4, -0.2) is 19.1 Å². The summed E-state index contributed by atoms with van der Waals surface area (Å²) in [4.78, 5) is 0. The van der Waals surface area contributed by atoms with Gasteiger partial charge >= 0.3 is 7.12 Å². The first-order valence-corrected chi connectivity index (χ1v) is 10.5. The van der Waals surface area contributed by atoms with Gasteiger partial charge in [-0.1, -0.05) is 91.0 Å². The van der Waals surface area contributed by atoms with Gasteiger partial charge in [0.1, 0.15) is 0 Å². The van der Waals surface area contributed by atoms with Gasteiger partial charge in [0.2, 0.25) is 0 Å². The zero-order chi connectivity index (χ0) is 17.8. The minimum Gasteiger partial charge on any atom is -0.405 e. The predicted molar refractivity (Wildman–Crippen MR) is 111 cm³/mol. The van der Waals surface area contributed by atoms with E-state index in [0.29, 0.717) is 0 Å². The summed E-state index contributed by atoms with van der Waals surface area (Å²) in [6.45, 7) is 2.15. The zero-order valence-electron chi connectivity index (χ0n) is 14.9. The smallest absolute Gasteiger partial charge is 0.405 e. The molecule has 2 atom stereocenters. The Bertz CT molecular complexity index is 774. The van der Waals surface area contributed by atoms with Crippen molar-refractivity contribution in [2.45, 2.75) is 25.3 Å². The standard InChI is InChI=1S/C22H22BO2P/c1-18-17-22(25-23(24-18)19-11-5-2-6-12-19)26(20-13-7-3-8-14-20)21-15-9-4-10-16-21/h2-16,18,22H,17H2,1H3/t18-,22-/m1/s1. The molecule has 1 aliphatic heterocycles. The SMILES string of the molecule is C[C@@H]1C[C@@H](P(c2ccccc2)c2ccccc2)OB(c2ccccc2)O1. The van der Waals surface area contributed by atoms with Gasteiger partial charge in [-0.3, -0.25) is 0 Å². The summed E-state index contributed by atoms with van der Waals surface area (Å²) >= 11 is 0. The van der Waals surface area contributed by atoms with E-state index in [0.717, 1.165) is 11.9 Å². The van der Waals surface area contributed by atoms with Crippen molar-refractivity contribution < 1.29 is 9.31 Å². The van der Waals surface area contributed by atoms with Crippen LogP contribution in [-0.2, 0) is 9.31 Å². The molecule has 4 heteroatoms. The molecule has 3 aromatic carbocycles. The Morgan fingerprint density at radius 3 is 1.77 bits per heavy atom. The summed E-state index contributed by atoms with van der Waals surface area (Å²) in [6, 6.07) is 31.7. The van der Waals surface area contributed by atoms with Crippen LogP contribution >= 0.6 is 7.92 Å². The van der Waals surface area contributed by atoms with Crippen LogP contribution in [0, 0.1) is 0 Å². The van der Waals surface area contributed by atoms with Crippen LogP contribution in [0.4, 0.5) is 0 Å². The highest BCUT2D eigenvalue weighted by atomic mass is 31.1. The lowest BCUT2D eigenvalue weighted by Crippen LogP contribution is -2.48. The number of rotatable bonds is 4. The molecule has 1 saturated heterocycles. The molecule has 0 spiro atoms. The van der Waals surface area contributed by atoms with Gasteiger partial charge in [-0.15, -0.1) is 0 Å². The van der Waals surface area contributed by atoms with E-state index in [2.05, 4.69) is 79.7 Å². The molecule has 1 fully saturated rings. The quantitative estimate of drug-likeness (QED) is 0.522. The molecule has 0 saturated carbocycles. The molecular weight excluding hydrogens is 338 g/mol. The highest BCUT2D eigenvalue weighted by molar-refractivity contribution is 7.73. The molecule has 0 bridgehead atoms. The van der Waals surface area contributed by atoms with Crippen LogP contribution in [0.25, 0.3) is 0 Å². The van der Waals surface area contributed by atoms with Crippen LogP contribution in [0.5, 0.6) is 0 Å². The van der Waals surface area contributed by atoms with Gasteiger partial charge in [0, 0.05) is 12.5 Å². The first-order chi connectivity index (χ1) is 12.8. The predicted octanol–water partition coefficient (Wildman–Crippen LogP) is 3.67. The average Bonchev–Trinajstić information content (AvgIpc) is 2.70. The van der Waals surface area contributed by atoms with Gasteiger partial charge in [0.05, 0.1) is 5.85 Å². The number of benzene rings is 3. The minimum atomic E-state index is -0.615. The number of hydrogen-bond acceptors (Lipinski definition) is 2. The van der Waals surface area contributed by atoms with Gasteiger partial charge in [0.25, 0.3) is 0 Å². The van der Waals surface area contributed by atoms with Crippen molar-refractivity contribution >= 4 is 31.1 Å². The van der Waals surface area contributed by atoms with Gasteiger partial charge in [-0.2, -0.15) is 0 Å². The maximum Gasteiger partial charge on any atom is 0.494 e. The molecular formula is C22H22BO2P. The van der Waals surface area contributed by atoms with Crippen LogP contribution in [0.2, 0.25) is 0 Å². The van der Waals surface area contributed by atoms with E-state index in [4.69, 9.17) is 9.31 Å². The maximum atomic E-state index is 6.52. The Morgan fingerprint density at radius 2 is 1.23 bits per heavy atom. The van der Waals surface area contributed by atoms with Crippen LogP contribution in [0.1, 0.15) is 13.3 Å². The van der Waals surface area contributed by atoms with Gasteiger partial charge in [0.15, 0.2) is 0 Å². The first kappa shape index (κ1) is 17.5. The maximum absolute atomic E-state index is 6.52. The summed E-state index contributed by atoms with van der Waals surface area (Å²) in [5.41, 5.74) is 1.08. The van der Waals surface area contributed by atoms with Crippen LogP contribution in [0.3, 0.4) is 0 Å². The summed E-state index contributed by atoms with van der Waals surface area (Å²) < 4.78 is 12.6. The molecule has 1 heterocycles. The second kappa shape index (κ2) is 8.18. The van der Waals surface area contributed by atoms with Crippen molar-refractivity contribution in [3.63, 3.8) is 0 Å². The topological polar surface area (TPSA) is 18.5 Å². The molecule has 0 radical (unpaired) electrons. The average molecular weight is 360 g/mol. The van der Waals surface area contributed by atoms with E-state index in [9.17, 15) is 0 Å². The molecule has 2 nitrogen and oxygen atoms in total. The number of hydrogen-bond donors (Lipinski definition) is 0. The fourth-order valence-electron chi connectivity index (χ4n) is 3.37. The normalized spacial score (nSPS) is 20.3. The molecule has 26 heavy (non-hydrogen) atoms. The molecule has 0 unspecified atom stereocenters. The summed E-state index contributed by atoms with van der Waals surface area (Å²) in [5.74, 6) is 0.128. The molecule has 0 amide bonds. The second-order valence-corrected chi connectivity index (χ2v) is 8.91. The van der Waals surface area contributed by atoms with Crippen molar-refractivity contribution in [3.8, 4) is 0 Å². The fraction of sp³-hybridized carbons (Fsp3) is 0.182. The Morgan fingerprint density at radius 1 is 0.731 bits per heavy atom. The molecule has 1 aliphatic rings. The largest absolute Gasteiger partial charge is 0.494 e. The lowest BCUT2D eigenvalue weighted by atomic mass is 9.77. The van der Waals surface area contributed by atoms with Crippen molar-refractivity contribution in [1.29, 1.82) is 0 Å². The Labute approximate surface area is 157 Å². The monoisotopic (exact) mass is 360 g/mol. The Hall–Kier alpha value is -1.93. The van der Waals surface area contributed by atoms with Crippen molar-refractivity contribution in [3.05, 3.63) is 91.0 Å². The highest BCUT2D eigenvalue weighted by Gasteiger charge is 2.38. The van der Waals surface area contributed by atoms with E-state index >= 15 is 0 Å². The molecule has 130 valence electrons. The molecule has 3 aromatic rings. The minimum absolute atomic E-state index is 0.128. The van der Waals surface area contributed by atoms with Gasteiger partial charge < -0.3 is 9.31 Å². The fourth-order valence-corrected chi connectivity index (χ4v) is 6.06. The summed E-state index contributed by atoms with van der Waals surface area (Å²) in [7, 11) is -0.918. The molecule has 0 aromatic heterocycles. The molecule has 0 aliphatic carbocycles. The van der Waals surface area contributed by atoms with E-state index in [1.807, 2.05) is 18.2 Å². The zero-order valence-corrected chi connectivity index (χ0v) is 15.8.